The molecule has 0 atom stereocenters. The van der Waals surface area contributed by atoms with E-state index < -0.39 is 0 Å². The van der Waals surface area contributed by atoms with E-state index in [-0.39, 0.29) is 0 Å². The van der Waals surface area contributed by atoms with Gasteiger partial charge in [0.25, 0.3) is 0 Å². The van der Waals surface area contributed by atoms with Gasteiger partial charge in [0, 0.05) is 23.7 Å². The lowest BCUT2D eigenvalue weighted by molar-refractivity contribution is 0.419. The molecule has 20 heavy (non-hydrogen) atoms. The lowest BCUT2D eigenvalue weighted by Crippen LogP contribution is -2.17. The molecule has 4 rings (SSSR count). The smallest absolute Gasteiger partial charge is 0.145 e. The number of fused-ring (bicyclic) bond motifs is 2. The number of pyridine rings is 1. The third-order valence-electron chi connectivity index (χ3n) is 4.49. The van der Waals surface area contributed by atoms with Crippen LogP contribution in [0.15, 0.2) is 18.2 Å². The second-order valence-electron chi connectivity index (χ2n) is 5.88. The molecule has 0 radical (unpaired) electrons. The summed E-state index contributed by atoms with van der Waals surface area (Å²) in [5.74, 6) is 0.893. The van der Waals surface area contributed by atoms with Crippen LogP contribution < -0.4 is 10.1 Å². The van der Waals surface area contributed by atoms with Crippen LogP contribution in [0.5, 0.6) is 5.75 Å². The number of benzene rings is 1. The Hall–Kier alpha value is -1.61. The third kappa shape index (κ3) is 1.97. The Labute approximate surface area is 119 Å². The van der Waals surface area contributed by atoms with E-state index in [4.69, 9.17) is 9.72 Å². The van der Waals surface area contributed by atoms with Gasteiger partial charge in [-0.2, -0.15) is 0 Å². The Morgan fingerprint density at radius 2 is 2.20 bits per heavy atom. The zero-order valence-electron chi connectivity index (χ0n) is 11.9. The summed E-state index contributed by atoms with van der Waals surface area (Å²) >= 11 is 0. The molecule has 1 N–H and O–H groups in total. The van der Waals surface area contributed by atoms with E-state index in [1.807, 2.05) is 6.07 Å². The summed E-state index contributed by atoms with van der Waals surface area (Å²) in [6.45, 7) is 0.971. The van der Waals surface area contributed by atoms with Gasteiger partial charge in [-0.1, -0.05) is 12.1 Å². The van der Waals surface area contributed by atoms with Gasteiger partial charge in [-0.05, 0) is 49.3 Å². The highest BCUT2D eigenvalue weighted by atomic mass is 16.5. The maximum Gasteiger partial charge on any atom is 0.145 e. The summed E-state index contributed by atoms with van der Waals surface area (Å²) in [5, 5.41) is 4.93. The molecule has 0 bridgehead atoms. The number of ether oxygens (including phenoxy) is 1. The number of hydrogen-bond donors (Lipinski definition) is 1. The zero-order chi connectivity index (χ0) is 13.5. The van der Waals surface area contributed by atoms with Crippen LogP contribution in [0, 0.1) is 0 Å². The minimum atomic E-state index is 0.737. The fraction of sp³-hybridized carbons (Fsp3) is 0.471. The zero-order valence-corrected chi connectivity index (χ0v) is 11.9. The summed E-state index contributed by atoms with van der Waals surface area (Å²) in [5.41, 5.74) is 5.25. The van der Waals surface area contributed by atoms with Crippen LogP contribution in [-0.2, 0) is 19.4 Å². The minimum absolute atomic E-state index is 0.737. The maximum atomic E-state index is 5.50. The quantitative estimate of drug-likeness (QED) is 0.925. The van der Waals surface area contributed by atoms with E-state index in [1.165, 1.54) is 47.9 Å². The Bertz CT molecular complexity index is 662. The molecule has 2 aromatic rings. The molecule has 0 unspecified atom stereocenters. The molecule has 0 aliphatic heterocycles. The molecule has 1 aromatic carbocycles. The van der Waals surface area contributed by atoms with E-state index >= 15 is 0 Å². The molecule has 3 heteroatoms. The standard InChI is InChI=1S/C17H20N2O/c1-20-16-7-3-5-13-14(10-18-11-8-9-11)12-4-2-6-15(12)19-17(13)16/h3,5,7,11,18H,2,4,6,8-10H2,1H3. The van der Waals surface area contributed by atoms with Gasteiger partial charge < -0.3 is 10.1 Å². The Morgan fingerprint density at radius 3 is 3.00 bits per heavy atom. The number of nitrogens with zero attached hydrogens (tertiary/aromatic N) is 1. The first-order valence-electron chi connectivity index (χ1n) is 7.57. The van der Waals surface area contributed by atoms with Crippen LogP contribution in [0.1, 0.15) is 36.1 Å². The van der Waals surface area contributed by atoms with E-state index in [1.54, 1.807) is 7.11 Å². The van der Waals surface area contributed by atoms with Crippen molar-refractivity contribution in [1.29, 1.82) is 0 Å². The highest BCUT2D eigenvalue weighted by Crippen LogP contribution is 2.34. The molecular weight excluding hydrogens is 248 g/mol. The summed E-state index contributed by atoms with van der Waals surface area (Å²) in [6, 6.07) is 7.01. The molecule has 1 aromatic heterocycles. The number of para-hydroxylation sites is 1. The molecule has 0 amide bonds. The fourth-order valence-electron chi connectivity index (χ4n) is 3.26. The average molecular weight is 268 g/mol. The van der Waals surface area contributed by atoms with Gasteiger partial charge in [0.05, 0.1) is 7.11 Å². The Balaban J connectivity index is 1.88. The van der Waals surface area contributed by atoms with Gasteiger partial charge >= 0.3 is 0 Å². The maximum absolute atomic E-state index is 5.50. The predicted octanol–water partition coefficient (Wildman–Crippen LogP) is 2.98. The predicted molar refractivity (Wildman–Crippen MR) is 80.2 cm³/mol. The van der Waals surface area contributed by atoms with E-state index in [0.717, 1.165) is 30.3 Å². The van der Waals surface area contributed by atoms with Gasteiger partial charge in [-0.25, -0.2) is 4.98 Å². The van der Waals surface area contributed by atoms with Gasteiger partial charge in [0.1, 0.15) is 11.3 Å². The van der Waals surface area contributed by atoms with Crippen molar-refractivity contribution in [2.45, 2.75) is 44.7 Å². The Kier molecular flexibility index (Phi) is 2.88. The van der Waals surface area contributed by atoms with Crippen molar-refractivity contribution < 1.29 is 4.74 Å². The van der Waals surface area contributed by atoms with E-state index in [0.29, 0.717) is 0 Å². The summed E-state index contributed by atoms with van der Waals surface area (Å²) in [4.78, 5) is 4.88. The molecule has 0 spiro atoms. The monoisotopic (exact) mass is 268 g/mol. The number of hydrogen-bond acceptors (Lipinski definition) is 3. The molecule has 104 valence electrons. The van der Waals surface area contributed by atoms with Crippen molar-refractivity contribution in [2.75, 3.05) is 7.11 Å². The molecular formula is C17H20N2O. The fourth-order valence-corrected chi connectivity index (χ4v) is 3.26. The van der Waals surface area contributed by atoms with Gasteiger partial charge in [0.2, 0.25) is 0 Å². The molecule has 0 saturated heterocycles. The first-order valence-corrected chi connectivity index (χ1v) is 7.57. The van der Waals surface area contributed by atoms with Crippen LogP contribution in [0.4, 0.5) is 0 Å². The van der Waals surface area contributed by atoms with Crippen molar-refractivity contribution >= 4 is 10.9 Å². The van der Waals surface area contributed by atoms with Crippen LogP contribution in [0.2, 0.25) is 0 Å². The van der Waals surface area contributed by atoms with Gasteiger partial charge in [-0.15, -0.1) is 0 Å². The second-order valence-corrected chi connectivity index (χ2v) is 5.88. The highest BCUT2D eigenvalue weighted by molar-refractivity contribution is 5.89. The van der Waals surface area contributed by atoms with Crippen LogP contribution in [0.25, 0.3) is 10.9 Å². The van der Waals surface area contributed by atoms with Crippen LogP contribution in [-0.4, -0.2) is 18.1 Å². The number of aromatic nitrogens is 1. The van der Waals surface area contributed by atoms with E-state index in [9.17, 15) is 0 Å². The van der Waals surface area contributed by atoms with Crippen molar-refractivity contribution in [1.82, 2.24) is 10.3 Å². The summed E-state index contributed by atoms with van der Waals surface area (Å²) in [6.07, 6.45) is 6.18. The molecule has 1 saturated carbocycles. The number of methoxy groups -OCH3 is 1. The third-order valence-corrected chi connectivity index (χ3v) is 4.49. The van der Waals surface area contributed by atoms with Crippen molar-refractivity contribution in [2.24, 2.45) is 0 Å². The minimum Gasteiger partial charge on any atom is -0.494 e. The van der Waals surface area contributed by atoms with Crippen molar-refractivity contribution in [3.63, 3.8) is 0 Å². The van der Waals surface area contributed by atoms with Crippen LogP contribution in [0.3, 0.4) is 0 Å². The second kappa shape index (κ2) is 4.74. The summed E-state index contributed by atoms with van der Waals surface area (Å²) < 4.78 is 5.50. The summed E-state index contributed by atoms with van der Waals surface area (Å²) in [7, 11) is 1.73. The van der Waals surface area contributed by atoms with Gasteiger partial charge in [-0.3, -0.25) is 0 Å². The molecule has 1 fully saturated rings. The van der Waals surface area contributed by atoms with Crippen molar-refractivity contribution in [3.8, 4) is 5.75 Å². The Morgan fingerprint density at radius 1 is 1.30 bits per heavy atom. The van der Waals surface area contributed by atoms with Gasteiger partial charge in [0.15, 0.2) is 0 Å². The van der Waals surface area contributed by atoms with Crippen LogP contribution >= 0.6 is 0 Å². The highest BCUT2D eigenvalue weighted by Gasteiger charge is 2.24. The lowest BCUT2D eigenvalue weighted by atomic mass is 10.0. The average Bonchev–Trinajstić information content (AvgIpc) is 3.19. The van der Waals surface area contributed by atoms with Crippen molar-refractivity contribution in [3.05, 3.63) is 35.0 Å². The first kappa shape index (κ1) is 12.2. The normalized spacial score (nSPS) is 17.4. The number of rotatable bonds is 4. The SMILES string of the molecule is COc1cccc2c(CNC3CC3)c3c(nc12)CCC3. The molecule has 2 aliphatic carbocycles. The molecule has 2 aliphatic rings. The first-order chi connectivity index (χ1) is 9.86. The molecule has 3 nitrogen and oxygen atoms in total. The largest absolute Gasteiger partial charge is 0.494 e. The number of nitrogens with one attached hydrogen (secondary N) is 1. The molecule has 1 heterocycles. The number of aryl methyl sites for hydroxylation is 1. The topological polar surface area (TPSA) is 34.1 Å². The lowest BCUT2D eigenvalue weighted by Gasteiger charge is -2.14. The van der Waals surface area contributed by atoms with E-state index in [2.05, 4.69) is 17.4 Å².